The first kappa shape index (κ1) is 8.81. The van der Waals surface area contributed by atoms with Gasteiger partial charge in [0.2, 0.25) is 0 Å². The lowest BCUT2D eigenvalue weighted by Crippen LogP contribution is -2.11. The molecule has 2 heterocycles. The maximum Gasteiger partial charge on any atom is 0.303 e. The van der Waals surface area contributed by atoms with Crippen LogP contribution in [0.4, 0.5) is 0 Å². The molecule has 0 aromatic heterocycles. The number of thioether (sulfide) groups is 1. The highest BCUT2D eigenvalue weighted by Gasteiger charge is 2.32. The van der Waals surface area contributed by atoms with E-state index in [0.717, 1.165) is 13.0 Å². The number of esters is 1. The van der Waals surface area contributed by atoms with Gasteiger partial charge in [0.15, 0.2) is 5.44 Å². The summed E-state index contributed by atoms with van der Waals surface area (Å²) in [5.41, 5.74) is 0.00968. The topological polar surface area (TPSA) is 38.7 Å². The van der Waals surface area contributed by atoms with Crippen molar-refractivity contribution in [2.45, 2.75) is 18.8 Å². The Morgan fingerprint density at radius 1 is 1.77 bits per heavy atom. The van der Waals surface area contributed by atoms with Gasteiger partial charge in [0.1, 0.15) is 0 Å². The minimum atomic E-state index is -0.197. The predicted molar refractivity (Wildman–Crippen MR) is 52.7 cm³/mol. The van der Waals surface area contributed by atoms with E-state index >= 15 is 0 Å². The summed E-state index contributed by atoms with van der Waals surface area (Å²) in [6.45, 7) is 2.30. The molecule has 1 saturated heterocycles. The molecular weight excluding hydrogens is 186 g/mol. The number of hydrogen-bond acceptors (Lipinski definition) is 4. The number of rotatable bonds is 1. The quantitative estimate of drug-likeness (QED) is 0.599. The highest BCUT2D eigenvalue weighted by molar-refractivity contribution is 8.03. The van der Waals surface area contributed by atoms with Crippen molar-refractivity contribution in [1.29, 1.82) is 0 Å². The van der Waals surface area contributed by atoms with Crippen LogP contribution in [-0.2, 0) is 9.53 Å². The summed E-state index contributed by atoms with van der Waals surface area (Å²) in [6, 6.07) is 0. The van der Waals surface area contributed by atoms with Gasteiger partial charge in [-0.05, 0) is 11.0 Å². The Hall–Kier alpha value is -0.770. The first-order valence-electron chi connectivity index (χ1n) is 4.29. The van der Waals surface area contributed by atoms with E-state index in [4.69, 9.17) is 4.74 Å². The zero-order valence-corrected chi connectivity index (χ0v) is 8.21. The fourth-order valence-corrected chi connectivity index (χ4v) is 2.87. The Balaban J connectivity index is 1.98. The zero-order chi connectivity index (χ0) is 9.26. The van der Waals surface area contributed by atoms with Gasteiger partial charge >= 0.3 is 5.97 Å². The second-order valence-corrected chi connectivity index (χ2v) is 4.41. The number of ether oxygens (including phenoxy) is 1. The van der Waals surface area contributed by atoms with Crippen LogP contribution >= 0.6 is 11.8 Å². The van der Waals surface area contributed by atoms with Gasteiger partial charge < -0.3 is 4.74 Å². The van der Waals surface area contributed by atoms with Crippen molar-refractivity contribution in [2.24, 2.45) is 10.9 Å². The number of carbonyl (C=O) groups excluding carboxylic acids is 1. The molecule has 0 N–H and O–H groups in total. The van der Waals surface area contributed by atoms with E-state index in [1.165, 1.54) is 11.8 Å². The minimum absolute atomic E-state index is 0.00968. The SMILES string of the molecule is CC(=O)OC1CC2CN=CC=C2S1. The molecule has 2 rings (SSSR count). The second-order valence-electron chi connectivity index (χ2n) is 3.17. The maximum absolute atomic E-state index is 10.7. The summed E-state index contributed by atoms with van der Waals surface area (Å²) < 4.78 is 5.13. The number of fused-ring (bicyclic) bond motifs is 1. The second kappa shape index (κ2) is 3.54. The smallest absolute Gasteiger partial charge is 0.303 e. The molecule has 0 amide bonds. The van der Waals surface area contributed by atoms with Crippen LogP contribution in [0.2, 0.25) is 0 Å². The van der Waals surface area contributed by atoms with Gasteiger partial charge in [0.05, 0.1) is 0 Å². The van der Waals surface area contributed by atoms with Gasteiger partial charge in [-0.3, -0.25) is 9.79 Å². The van der Waals surface area contributed by atoms with Crippen molar-refractivity contribution in [3.05, 3.63) is 11.0 Å². The molecule has 2 atom stereocenters. The third-order valence-corrected chi connectivity index (χ3v) is 3.41. The number of hydrogen-bond donors (Lipinski definition) is 0. The molecule has 13 heavy (non-hydrogen) atoms. The highest BCUT2D eigenvalue weighted by Crippen LogP contribution is 2.43. The van der Waals surface area contributed by atoms with E-state index in [0.29, 0.717) is 5.92 Å². The van der Waals surface area contributed by atoms with Gasteiger partial charge in [0, 0.05) is 32.0 Å². The molecule has 2 aliphatic heterocycles. The van der Waals surface area contributed by atoms with Crippen molar-refractivity contribution in [2.75, 3.05) is 6.54 Å². The van der Waals surface area contributed by atoms with Gasteiger partial charge in [-0.1, -0.05) is 11.8 Å². The summed E-state index contributed by atoms with van der Waals surface area (Å²) in [7, 11) is 0. The standard InChI is InChI=1S/C9H11NO2S/c1-6(11)12-9-4-7-5-10-3-2-8(7)13-9/h2-3,7,9H,4-5H2,1H3. The largest absolute Gasteiger partial charge is 0.451 e. The average molecular weight is 197 g/mol. The summed E-state index contributed by atoms with van der Waals surface area (Å²) in [5, 5.41) is 0. The Labute approximate surface area is 81.3 Å². The van der Waals surface area contributed by atoms with E-state index < -0.39 is 0 Å². The van der Waals surface area contributed by atoms with Crippen LogP contribution in [0.15, 0.2) is 16.0 Å². The van der Waals surface area contributed by atoms with E-state index in [9.17, 15) is 4.79 Å². The molecule has 0 aliphatic carbocycles. The van der Waals surface area contributed by atoms with Gasteiger partial charge in [-0.2, -0.15) is 0 Å². The summed E-state index contributed by atoms with van der Waals surface area (Å²) >= 11 is 1.65. The van der Waals surface area contributed by atoms with Crippen LogP contribution in [0.3, 0.4) is 0 Å². The average Bonchev–Trinajstić information content (AvgIpc) is 2.44. The molecule has 3 nitrogen and oxygen atoms in total. The molecule has 70 valence electrons. The Morgan fingerprint density at radius 2 is 2.62 bits per heavy atom. The van der Waals surface area contributed by atoms with Gasteiger partial charge in [-0.15, -0.1) is 0 Å². The number of carbonyl (C=O) groups is 1. The predicted octanol–water partition coefficient (Wildman–Crippen LogP) is 1.60. The van der Waals surface area contributed by atoms with Crippen molar-refractivity contribution in [3.8, 4) is 0 Å². The maximum atomic E-state index is 10.7. The third-order valence-electron chi connectivity index (χ3n) is 2.11. The number of nitrogens with zero attached hydrogens (tertiary/aromatic N) is 1. The molecule has 1 fully saturated rings. The van der Waals surface area contributed by atoms with E-state index in [-0.39, 0.29) is 11.4 Å². The van der Waals surface area contributed by atoms with Crippen LogP contribution in [0.5, 0.6) is 0 Å². The fraction of sp³-hybridized carbons (Fsp3) is 0.556. The van der Waals surface area contributed by atoms with E-state index in [2.05, 4.69) is 4.99 Å². The van der Waals surface area contributed by atoms with E-state index in [1.54, 1.807) is 11.8 Å². The first-order chi connectivity index (χ1) is 6.25. The first-order valence-corrected chi connectivity index (χ1v) is 5.17. The molecule has 4 heteroatoms. The number of aliphatic imine (C=N–C) groups is 1. The summed E-state index contributed by atoms with van der Waals surface area (Å²) in [5.74, 6) is 0.289. The summed E-state index contributed by atoms with van der Waals surface area (Å²) in [4.78, 5) is 16.2. The summed E-state index contributed by atoms with van der Waals surface area (Å²) in [6.07, 6.45) is 4.75. The Kier molecular flexibility index (Phi) is 2.40. The van der Waals surface area contributed by atoms with Crippen LogP contribution in [0, 0.1) is 5.92 Å². The van der Waals surface area contributed by atoms with Crippen LogP contribution < -0.4 is 0 Å². The minimum Gasteiger partial charge on any atom is -0.451 e. The molecule has 2 unspecified atom stereocenters. The van der Waals surface area contributed by atoms with Crippen LogP contribution in [0.25, 0.3) is 0 Å². The van der Waals surface area contributed by atoms with Crippen LogP contribution in [0.1, 0.15) is 13.3 Å². The molecule has 0 bridgehead atoms. The molecule has 0 aromatic rings. The molecule has 0 saturated carbocycles. The third kappa shape index (κ3) is 1.94. The van der Waals surface area contributed by atoms with Crippen molar-refractivity contribution in [1.82, 2.24) is 0 Å². The molecule has 0 aromatic carbocycles. The van der Waals surface area contributed by atoms with Gasteiger partial charge in [-0.25, -0.2) is 0 Å². The lowest BCUT2D eigenvalue weighted by atomic mass is 10.0. The molecule has 0 radical (unpaired) electrons. The van der Waals surface area contributed by atoms with E-state index in [1.807, 2.05) is 12.3 Å². The Bertz CT molecular complexity index is 285. The molecular formula is C9H11NO2S. The lowest BCUT2D eigenvalue weighted by Gasteiger charge is -2.09. The van der Waals surface area contributed by atoms with Gasteiger partial charge in [0.25, 0.3) is 0 Å². The monoisotopic (exact) mass is 197 g/mol. The fourth-order valence-electron chi connectivity index (χ4n) is 1.56. The number of allylic oxidation sites excluding steroid dienone is 1. The Morgan fingerprint density at radius 3 is 3.31 bits per heavy atom. The highest BCUT2D eigenvalue weighted by atomic mass is 32.2. The zero-order valence-electron chi connectivity index (χ0n) is 7.40. The molecule has 2 aliphatic rings. The van der Waals surface area contributed by atoms with Crippen molar-refractivity contribution in [3.63, 3.8) is 0 Å². The lowest BCUT2D eigenvalue weighted by molar-refractivity contribution is -0.142. The number of dihydropyridines is 1. The van der Waals surface area contributed by atoms with Crippen molar-refractivity contribution >= 4 is 23.9 Å². The van der Waals surface area contributed by atoms with Crippen molar-refractivity contribution < 1.29 is 9.53 Å². The molecule has 0 spiro atoms. The van der Waals surface area contributed by atoms with Crippen LogP contribution in [-0.4, -0.2) is 24.2 Å². The normalized spacial score (nSPS) is 31.0.